The minimum Gasteiger partial charge on any atom is -0.396 e. The van der Waals surface area contributed by atoms with Crippen molar-refractivity contribution in [3.63, 3.8) is 0 Å². The van der Waals surface area contributed by atoms with Crippen LogP contribution in [0.5, 0.6) is 0 Å². The van der Waals surface area contributed by atoms with Crippen molar-refractivity contribution >= 4 is 11.6 Å². The Morgan fingerprint density at radius 2 is 1.80 bits per heavy atom. The second-order valence-electron chi connectivity index (χ2n) is 5.12. The van der Waals surface area contributed by atoms with Crippen molar-refractivity contribution < 1.29 is 9.50 Å². The summed E-state index contributed by atoms with van der Waals surface area (Å²) in [6.45, 7) is 2.11. The van der Waals surface area contributed by atoms with Crippen LogP contribution in [0.2, 0.25) is 5.02 Å². The van der Waals surface area contributed by atoms with Crippen molar-refractivity contribution in [1.82, 2.24) is 0 Å². The summed E-state index contributed by atoms with van der Waals surface area (Å²) in [5, 5.41) is 10.1. The summed E-state index contributed by atoms with van der Waals surface area (Å²) in [6.07, 6.45) is 1.33. The van der Waals surface area contributed by atoms with Crippen LogP contribution in [0.3, 0.4) is 0 Å². The third kappa shape index (κ3) is 3.81. The highest BCUT2D eigenvalue weighted by atomic mass is 35.5. The Bertz CT molecular complexity index is 583. The quantitative estimate of drug-likeness (QED) is 0.876. The Labute approximate surface area is 124 Å². The van der Waals surface area contributed by atoms with Crippen LogP contribution in [0.15, 0.2) is 42.5 Å². The molecule has 0 heterocycles. The molecule has 2 rings (SSSR count). The monoisotopic (exact) mass is 292 g/mol. The molecule has 1 nitrogen and oxygen atoms in total. The molecule has 0 amide bonds. The molecule has 0 fully saturated rings. The molecule has 0 aliphatic heterocycles. The van der Waals surface area contributed by atoms with E-state index in [2.05, 4.69) is 19.1 Å². The molecule has 1 atom stereocenters. The first-order valence-electron chi connectivity index (χ1n) is 6.69. The molecule has 0 spiro atoms. The average Bonchev–Trinajstić information content (AvgIpc) is 2.44. The standard InChI is InChI=1S/C17H18ClFO/c1-12-4-2-3-5-14(12)8-13(11-20)9-15-10-16(19)6-7-17(15)18/h2-7,10,13,20H,8-9,11H2,1H3. The van der Waals surface area contributed by atoms with Crippen LogP contribution in [0.25, 0.3) is 0 Å². The highest BCUT2D eigenvalue weighted by Gasteiger charge is 2.13. The Morgan fingerprint density at radius 3 is 2.50 bits per heavy atom. The van der Waals surface area contributed by atoms with Gasteiger partial charge >= 0.3 is 0 Å². The first kappa shape index (κ1) is 15.0. The molecule has 1 unspecified atom stereocenters. The van der Waals surface area contributed by atoms with E-state index in [0.717, 1.165) is 12.0 Å². The van der Waals surface area contributed by atoms with E-state index in [4.69, 9.17) is 11.6 Å². The fraction of sp³-hybridized carbons (Fsp3) is 0.294. The first-order valence-corrected chi connectivity index (χ1v) is 7.07. The van der Waals surface area contributed by atoms with E-state index in [-0.39, 0.29) is 18.3 Å². The molecule has 0 saturated heterocycles. The van der Waals surface area contributed by atoms with Crippen LogP contribution < -0.4 is 0 Å². The van der Waals surface area contributed by atoms with Gasteiger partial charge in [-0.15, -0.1) is 0 Å². The first-order chi connectivity index (χ1) is 9.60. The van der Waals surface area contributed by atoms with Gasteiger partial charge in [0.15, 0.2) is 0 Å². The second-order valence-corrected chi connectivity index (χ2v) is 5.53. The van der Waals surface area contributed by atoms with Crippen molar-refractivity contribution in [3.05, 3.63) is 70.0 Å². The molecular formula is C17H18ClFO. The van der Waals surface area contributed by atoms with E-state index in [9.17, 15) is 9.50 Å². The van der Waals surface area contributed by atoms with Crippen LogP contribution >= 0.6 is 11.6 Å². The number of hydrogen-bond donors (Lipinski definition) is 1. The van der Waals surface area contributed by atoms with Crippen molar-refractivity contribution in [2.75, 3.05) is 6.61 Å². The molecular weight excluding hydrogens is 275 g/mol. The van der Waals surface area contributed by atoms with Gasteiger partial charge in [-0.2, -0.15) is 0 Å². The third-order valence-corrected chi connectivity index (χ3v) is 3.91. The molecule has 0 aliphatic carbocycles. The summed E-state index contributed by atoms with van der Waals surface area (Å²) in [6, 6.07) is 12.5. The van der Waals surface area contributed by atoms with Crippen LogP contribution in [0, 0.1) is 18.7 Å². The van der Waals surface area contributed by atoms with Crippen molar-refractivity contribution in [2.24, 2.45) is 5.92 Å². The second kappa shape index (κ2) is 6.87. The largest absolute Gasteiger partial charge is 0.396 e. The maximum absolute atomic E-state index is 13.3. The molecule has 1 N–H and O–H groups in total. The number of rotatable bonds is 5. The summed E-state index contributed by atoms with van der Waals surface area (Å²) < 4.78 is 13.3. The normalized spacial score (nSPS) is 12.4. The minimum absolute atomic E-state index is 0.0374. The molecule has 2 aromatic carbocycles. The van der Waals surface area contributed by atoms with Crippen LogP contribution in [0.1, 0.15) is 16.7 Å². The molecule has 0 aromatic heterocycles. The summed E-state index contributed by atoms with van der Waals surface area (Å²) in [5.74, 6) is -0.257. The van der Waals surface area contributed by atoms with Gasteiger partial charge in [-0.1, -0.05) is 35.9 Å². The summed E-state index contributed by atoms with van der Waals surface area (Å²) in [7, 11) is 0. The van der Waals surface area contributed by atoms with E-state index in [1.54, 1.807) is 6.07 Å². The van der Waals surface area contributed by atoms with Gasteiger partial charge in [0.2, 0.25) is 0 Å². The molecule has 0 saturated carbocycles. The predicted molar refractivity (Wildman–Crippen MR) is 80.6 cm³/mol. The number of aliphatic hydroxyl groups is 1. The highest BCUT2D eigenvalue weighted by molar-refractivity contribution is 6.31. The van der Waals surface area contributed by atoms with E-state index in [1.807, 2.05) is 12.1 Å². The maximum Gasteiger partial charge on any atom is 0.123 e. The van der Waals surface area contributed by atoms with E-state index in [0.29, 0.717) is 11.4 Å². The zero-order valence-electron chi connectivity index (χ0n) is 11.4. The topological polar surface area (TPSA) is 20.2 Å². The average molecular weight is 293 g/mol. The molecule has 0 bridgehead atoms. The molecule has 3 heteroatoms. The molecule has 0 radical (unpaired) electrons. The number of aliphatic hydroxyl groups excluding tert-OH is 1. The molecule has 106 valence electrons. The van der Waals surface area contributed by atoms with Gasteiger partial charge in [0.05, 0.1) is 0 Å². The highest BCUT2D eigenvalue weighted by Crippen LogP contribution is 2.23. The lowest BCUT2D eigenvalue weighted by atomic mass is 9.91. The van der Waals surface area contributed by atoms with Gasteiger partial charge in [-0.25, -0.2) is 4.39 Å². The van der Waals surface area contributed by atoms with Gasteiger partial charge < -0.3 is 5.11 Å². The SMILES string of the molecule is Cc1ccccc1CC(CO)Cc1cc(F)ccc1Cl. The predicted octanol–water partition coefficient (Wildman–Crippen LogP) is 4.18. The van der Waals surface area contributed by atoms with E-state index in [1.165, 1.54) is 23.3 Å². The van der Waals surface area contributed by atoms with Crippen molar-refractivity contribution in [1.29, 1.82) is 0 Å². The maximum atomic E-state index is 13.3. The number of halogens is 2. The van der Waals surface area contributed by atoms with Crippen LogP contribution in [-0.4, -0.2) is 11.7 Å². The van der Waals surface area contributed by atoms with Gasteiger partial charge in [0.25, 0.3) is 0 Å². The smallest absolute Gasteiger partial charge is 0.123 e. The van der Waals surface area contributed by atoms with Gasteiger partial charge in [-0.3, -0.25) is 0 Å². The fourth-order valence-electron chi connectivity index (χ4n) is 2.36. The Morgan fingerprint density at radius 1 is 1.10 bits per heavy atom. The summed E-state index contributed by atoms with van der Waals surface area (Å²) >= 11 is 6.08. The van der Waals surface area contributed by atoms with Crippen molar-refractivity contribution in [3.8, 4) is 0 Å². The van der Waals surface area contributed by atoms with Crippen LogP contribution in [0.4, 0.5) is 4.39 Å². The lowest BCUT2D eigenvalue weighted by Crippen LogP contribution is -2.14. The summed E-state index contributed by atoms with van der Waals surface area (Å²) in [4.78, 5) is 0. The molecule has 20 heavy (non-hydrogen) atoms. The number of aryl methyl sites for hydroxylation is 1. The Kier molecular flexibility index (Phi) is 5.16. The molecule has 0 aliphatic rings. The lowest BCUT2D eigenvalue weighted by Gasteiger charge is -2.16. The van der Waals surface area contributed by atoms with Crippen LogP contribution in [-0.2, 0) is 12.8 Å². The van der Waals surface area contributed by atoms with E-state index >= 15 is 0 Å². The van der Waals surface area contributed by atoms with Gasteiger partial charge in [0, 0.05) is 11.6 Å². The third-order valence-electron chi connectivity index (χ3n) is 3.54. The fourth-order valence-corrected chi connectivity index (χ4v) is 2.56. The van der Waals surface area contributed by atoms with Crippen molar-refractivity contribution in [2.45, 2.75) is 19.8 Å². The number of benzene rings is 2. The minimum atomic E-state index is -0.294. The Balaban J connectivity index is 2.13. The zero-order chi connectivity index (χ0) is 14.5. The van der Waals surface area contributed by atoms with Gasteiger partial charge in [-0.05, 0) is 60.6 Å². The number of hydrogen-bond acceptors (Lipinski definition) is 1. The lowest BCUT2D eigenvalue weighted by molar-refractivity contribution is 0.225. The summed E-state index contributed by atoms with van der Waals surface area (Å²) in [5.41, 5.74) is 3.16. The van der Waals surface area contributed by atoms with Gasteiger partial charge in [0.1, 0.15) is 5.82 Å². The van der Waals surface area contributed by atoms with E-state index < -0.39 is 0 Å². The Hall–Kier alpha value is -1.38. The molecule has 2 aromatic rings. The zero-order valence-corrected chi connectivity index (χ0v) is 12.2.